The largest absolute Gasteiger partial charge is 0.389 e. The Morgan fingerprint density at radius 2 is 2.26 bits per heavy atom. The molecule has 4 N–H and O–H groups in total. The van der Waals surface area contributed by atoms with Crippen LogP contribution in [0.5, 0.6) is 0 Å². The number of hydrogen-bond acceptors (Lipinski definition) is 5. The molecule has 7 heteroatoms. The molecule has 2 heterocycles. The number of aromatic nitrogens is 2. The smallest absolute Gasteiger partial charge is 0.220 e. The van der Waals surface area contributed by atoms with E-state index in [0.717, 1.165) is 23.2 Å². The number of thiocarbonyl (C=S) groups is 1. The Hall–Kier alpha value is -1.76. The monoisotopic (exact) mass is 279 g/mol. The Morgan fingerprint density at radius 3 is 2.84 bits per heavy atom. The zero-order valence-electron chi connectivity index (χ0n) is 11.0. The molecule has 0 spiro atoms. The SMILES string of the molecule is Cc1nnc(NCC2CCC(=O)N2)c(C(N)=S)c1C. The van der Waals surface area contributed by atoms with E-state index >= 15 is 0 Å². The number of carbonyl (C=O) groups excluding carboxylic acids is 1. The first-order chi connectivity index (χ1) is 8.99. The fourth-order valence-electron chi connectivity index (χ4n) is 2.08. The highest BCUT2D eigenvalue weighted by molar-refractivity contribution is 7.80. The molecule has 0 saturated carbocycles. The number of anilines is 1. The Balaban J connectivity index is 2.14. The minimum atomic E-state index is 0.0903. The van der Waals surface area contributed by atoms with Gasteiger partial charge in [-0.2, -0.15) is 5.10 Å². The van der Waals surface area contributed by atoms with Crippen LogP contribution in [0.3, 0.4) is 0 Å². The number of hydrogen-bond donors (Lipinski definition) is 3. The van der Waals surface area contributed by atoms with Gasteiger partial charge in [-0.1, -0.05) is 12.2 Å². The normalized spacial score (nSPS) is 18.2. The van der Waals surface area contributed by atoms with E-state index in [9.17, 15) is 4.79 Å². The maximum absolute atomic E-state index is 11.1. The van der Waals surface area contributed by atoms with Crippen molar-refractivity contribution in [2.75, 3.05) is 11.9 Å². The molecule has 1 aromatic rings. The van der Waals surface area contributed by atoms with Crippen molar-refractivity contribution >= 4 is 28.9 Å². The third-order valence-electron chi connectivity index (χ3n) is 3.30. The van der Waals surface area contributed by atoms with E-state index < -0.39 is 0 Å². The number of nitrogens with two attached hydrogens (primary N) is 1. The van der Waals surface area contributed by atoms with Gasteiger partial charge in [0.05, 0.1) is 11.3 Å². The Labute approximate surface area is 117 Å². The van der Waals surface area contributed by atoms with E-state index in [0.29, 0.717) is 23.8 Å². The van der Waals surface area contributed by atoms with Crippen LogP contribution >= 0.6 is 12.2 Å². The van der Waals surface area contributed by atoms with Crippen LogP contribution in [0.2, 0.25) is 0 Å². The van der Waals surface area contributed by atoms with E-state index in [1.54, 1.807) is 0 Å². The van der Waals surface area contributed by atoms with Crippen LogP contribution in [0.15, 0.2) is 0 Å². The van der Waals surface area contributed by atoms with Crippen molar-refractivity contribution in [3.05, 3.63) is 16.8 Å². The van der Waals surface area contributed by atoms with Crippen molar-refractivity contribution in [2.45, 2.75) is 32.7 Å². The number of rotatable bonds is 4. The van der Waals surface area contributed by atoms with E-state index in [-0.39, 0.29) is 11.9 Å². The summed E-state index contributed by atoms with van der Waals surface area (Å²) in [7, 11) is 0. The van der Waals surface area contributed by atoms with Gasteiger partial charge in [0.15, 0.2) is 5.82 Å². The maximum Gasteiger partial charge on any atom is 0.220 e. The maximum atomic E-state index is 11.1. The van der Waals surface area contributed by atoms with Crippen molar-refractivity contribution in [1.29, 1.82) is 0 Å². The number of carbonyl (C=O) groups is 1. The molecule has 1 amide bonds. The quantitative estimate of drug-likeness (QED) is 0.692. The lowest BCUT2D eigenvalue weighted by molar-refractivity contribution is -0.119. The summed E-state index contributed by atoms with van der Waals surface area (Å²) in [5, 5.41) is 14.2. The van der Waals surface area contributed by atoms with Crippen LogP contribution in [-0.4, -0.2) is 33.7 Å². The predicted molar refractivity (Wildman–Crippen MR) is 77.0 cm³/mol. The van der Waals surface area contributed by atoms with Gasteiger partial charge in [-0.05, 0) is 25.8 Å². The Morgan fingerprint density at radius 1 is 1.53 bits per heavy atom. The summed E-state index contributed by atoms with van der Waals surface area (Å²) in [5.74, 6) is 0.671. The molecule has 1 atom stereocenters. The molecule has 0 aliphatic carbocycles. The van der Waals surface area contributed by atoms with Crippen LogP contribution in [0.4, 0.5) is 5.82 Å². The Bertz CT molecular complexity index is 531. The predicted octanol–water partition coefficient (Wildman–Crippen LogP) is 0.418. The lowest BCUT2D eigenvalue weighted by Gasteiger charge is -2.15. The minimum Gasteiger partial charge on any atom is -0.389 e. The van der Waals surface area contributed by atoms with Crippen LogP contribution in [-0.2, 0) is 4.79 Å². The second kappa shape index (κ2) is 5.48. The number of nitrogens with one attached hydrogen (secondary N) is 2. The fourth-order valence-corrected chi connectivity index (χ4v) is 2.33. The molecule has 6 nitrogen and oxygen atoms in total. The van der Waals surface area contributed by atoms with Gasteiger partial charge in [-0.25, -0.2) is 0 Å². The summed E-state index contributed by atoms with van der Waals surface area (Å²) in [4.78, 5) is 11.4. The highest BCUT2D eigenvalue weighted by Gasteiger charge is 2.21. The zero-order valence-corrected chi connectivity index (χ0v) is 11.8. The molecule has 0 bridgehead atoms. The van der Waals surface area contributed by atoms with Crippen molar-refractivity contribution in [3.8, 4) is 0 Å². The first kappa shape index (κ1) is 13.7. The molecule has 102 valence electrons. The van der Waals surface area contributed by atoms with E-state index in [4.69, 9.17) is 18.0 Å². The molecule has 1 aliphatic rings. The molecule has 1 unspecified atom stereocenters. The molecule has 1 fully saturated rings. The highest BCUT2D eigenvalue weighted by atomic mass is 32.1. The molecular formula is C12H17N5OS. The first-order valence-corrected chi connectivity index (χ1v) is 6.56. The van der Waals surface area contributed by atoms with Crippen molar-refractivity contribution < 1.29 is 4.79 Å². The van der Waals surface area contributed by atoms with Gasteiger partial charge in [0.2, 0.25) is 5.91 Å². The van der Waals surface area contributed by atoms with E-state index in [1.807, 2.05) is 13.8 Å². The van der Waals surface area contributed by atoms with E-state index in [2.05, 4.69) is 20.8 Å². The minimum absolute atomic E-state index is 0.0903. The van der Waals surface area contributed by atoms with Crippen LogP contribution in [0.25, 0.3) is 0 Å². The second-order valence-electron chi connectivity index (χ2n) is 4.68. The summed E-state index contributed by atoms with van der Waals surface area (Å²) in [5.41, 5.74) is 8.21. The second-order valence-corrected chi connectivity index (χ2v) is 5.12. The summed E-state index contributed by atoms with van der Waals surface area (Å²) in [6, 6.07) is 0.120. The van der Waals surface area contributed by atoms with Gasteiger partial charge in [0.25, 0.3) is 0 Å². The zero-order chi connectivity index (χ0) is 14.0. The molecule has 1 saturated heterocycles. The fraction of sp³-hybridized carbons (Fsp3) is 0.500. The molecule has 19 heavy (non-hydrogen) atoms. The molecule has 0 aromatic carbocycles. The molecular weight excluding hydrogens is 262 g/mol. The molecule has 2 rings (SSSR count). The van der Waals surface area contributed by atoms with Crippen LogP contribution in [0, 0.1) is 13.8 Å². The van der Waals surface area contributed by atoms with E-state index in [1.165, 1.54) is 0 Å². The summed E-state index contributed by atoms with van der Waals surface area (Å²) in [6.45, 7) is 4.38. The molecule has 1 aromatic heterocycles. The molecule has 1 aliphatic heterocycles. The summed E-state index contributed by atoms with van der Waals surface area (Å²) < 4.78 is 0. The number of nitrogens with zero attached hydrogens (tertiary/aromatic N) is 2. The number of aryl methyl sites for hydroxylation is 1. The summed E-state index contributed by atoms with van der Waals surface area (Å²) >= 11 is 5.06. The van der Waals surface area contributed by atoms with Gasteiger partial charge in [-0.3, -0.25) is 4.79 Å². The third kappa shape index (κ3) is 2.98. The number of amides is 1. The van der Waals surface area contributed by atoms with Gasteiger partial charge < -0.3 is 16.4 Å². The van der Waals surface area contributed by atoms with Gasteiger partial charge in [-0.15, -0.1) is 5.10 Å². The van der Waals surface area contributed by atoms with Gasteiger partial charge in [0, 0.05) is 19.0 Å². The standard InChI is InChI=1S/C12H17N5OS/c1-6-7(2)16-17-12(10(6)11(13)19)14-5-8-3-4-9(18)15-8/h8H,3-5H2,1-2H3,(H2,13,19)(H,14,17)(H,15,18). The Kier molecular flexibility index (Phi) is 3.94. The average Bonchev–Trinajstić information content (AvgIpc) is 2.76. The van der Waals surface area contributed by atoms with Crippen molar-refractivity contribution in [2.24, 2.45) is 5.73 Å². The average molecular weight is 279 g/mol. The highest BCUT2D eigenvalue weighted by Crippen LogP contribution is 2.18. The van der Waals surface area contributed by atoms with Crippen molar-refractivity contribution in [1.82, 2.24) is 15.5 Å². The third-order valence-corrected chi connectivity index (χ3v) is 3.51. The van der Waals surface area contributed by atoms with Crippen LogP contribution in [0.1, 0.15) is 29.7 Å². The van der Waals surface area contributed by atoms with Crippen LogP contribution < -0.4 is 16.4 Å². The first-order valence-electron chi connectivity index (χ1n) is 6.16. The topological polar surface area (TPSA) is 92.9 Å². The van der Waals surface area contributed by atoms with Gasteiger partial charge >= 0.3 is 0 Å². The molecule has 0 radical (unpaired) electrons. The lowest BCUT2D eigenvalue weighted by Crippen LogP contribution is -2.32. The van der Waals surface area contributed by atoms with Crippen molar-refractivity contribution in [3.63, 3.8) is 0 Å². The van der Waals surface area contributed by atoms with Gasteiger partial charge in [0.1, 0.15) is 4.99 Å². The lowest BCUT2D eigenvalue weighted by atomic mass is 10.1. The summed E-state index contributed by atoms with van der Waals surface area (Å²) in [6.07, 6.45) is 1.40.